The van der Waals surface area contributed by atoms with E-state index in [-0.39, 0.29) is 0 Å². The van der Waals surface area contributed by atoms with Crippen molar-refractivity contribution >= 4 is 5.97 Å². The van der Waals surface area contributed by atoms with Gasteiger partial charge >= 0.3 is 5.97 Å². The van der Waals surface area contributed by atoms with Gasteiger partial charge < -0.3 is 9.47 Å². The minimum atomic E-state index is -0.460. The van der Waals surface area contributed by atoms with E-state index in [1.807, 2.05) is 43.3 Å². The molecule has 0 saturated heterocycles. The number of hydrogen-bond donors (Lipinski definition) is 0. The summed E-state index contributed by atoms with van der Waals surface area (Å²) in [6, 6.07) is 13.4. The Hall–Kier alpha value is -2.55. The highest BCUT2D eigenvalue weighted by Gasteiger charge is 2.08. The van der Waals surface area contributed by atoms with Crippen LogP contribution < -0.4 is 9.47 Å². The molecule has 3 heteroatoms. The second-order valence-electron chi connectivity index (χ2n) is 4.31. The number of carbonyl (C=O) groups excluding carboxylic acids is 1. The fraction of sp³-hybridized carbons (Fsp3) is 0.118. The SMILES string of the molecule is C=CC(=O)Oc1ccc(-c2ccccc2OC)cc1C. The first-order valence-electron chi connectivity index (χ1n) is 6.24. The standard InChI is InChI=1S/C17H16O3/c1-4-17(18)20-15-10-9-13(11-12(15)2)14-7-5-6-8-16(14)19-3/h4-11H,1H2,2-3H3. The van der Waals surface area contributed by atoms with Crippen LogP contribution in [0.2, 0.25) is 0 Å². The van der Waals surface area contributed by atoms with E-state index in [4.69, 9.17) is 9.47 Å². The minimum Gasteiger partial charge on any atom is -0.496 e. The summed E-state index contributed by atoms with van der Waals surface area (Å²) in [6.07, 6.45) is 1.15. The van der Waals surface area contributed by atoms with Crippen LogP contribution in [0.25, 0.3) is 11.1 Å². The van der Waals surface area contributed by atoms with Crippen molar-refractivity contribution in [1.29, 1.82) is 0 Å². The van der Waals surface area contributed by atoms with Crippen LogP contribution in [-0.2, 0) is 4.79 Å². The third-order valence-corrected chi connectivity index (χ3v) is 2.97. The third-order valence-electron chi connectivity index (χ3n) is 2.97. The summed E-state index contributed by atoms with van der Waals surface area (Å²) in [5.41, 5.74) is 2.89. The Morgan fingerprint density at radius 3 is 2.55 bits per heavy atom. The molecule has 0 unspecified atom stereocenters. The summed E-state index contributed by atoms with van der Waals surface area (Å²) < 4.78 is 10.5. The topological polar surface area (TPSA) is 35.5 Å². The maximum absolute atomic E-state index is 11.2. The predicted molar refractivity (Wildman–Crippen MR) is 79.0 cm³/mol. The van der Waals surface area contributed by atoms with Crippen molar-refractivity contribution in [2.45, 2.75) is 6.92 Å². The molecule has 0 fully saturated rings. The zero-order valence-electron chi connectivity index (χ0n) is 11.6. The average Bonchev–Trinajstić information content (AvgIpc) is 2.49. The Labute approximate surface area is 118 Å². The first-order valence-corrected chi connectivity index (χ1v) is 6.24. The molecule has 2 rings (SSSR count). The molecule has 0 aliphatic rings. The highest BCUT2D eigenvalue weighted by Crippen LogP contribution is 2.32. The normalized spacial score (nSPS) is 9.90. The van der Waals surface area contributed by atoms with Crippen LogP contribution in [0.1, 0.15) is 5.56 Å². The number of esters is 1. The maximum Gasteiger partial charge on any atom is 0.335 e. The van der Waals surface area contributed by atoms with Crippen molar-refractivity contribution in [1.82, 2.24) is 0 Å². The Bertz CT molecular complexity index is 644. The highest BCUT2D eigenvalue weighted by molar-refractivity contribution is 5.84. The van der Waals surface area contributed by atoms with E-state index < -0.39 is 5.97 Å². The summed E-state index contributed by atoms with van der Waals surface area (Å²) in [4.78, 5) is 11.2. The molecule has 0 radical (unpaired) electrons. The van der Waals surface area contributed by atoms with Crippen molar-refractivity contribution in [3.05, 3.63) is 60.7 Å². The fourth-order valence-corrected chi connectivity index (χ4v) is 1.96. The van der Waals surface area contributed by atoms with Gasteiger partial charge in [-0.15, -0.1) is 0 Å². The monoisotopic (exact) mass is 268 g/mol. The van der Waals surface area contributed by atoms with Crippen LogP contribution in [0, 0.1) is 6.92 Å². The van der Waals surface area contributed by atoms with E-state index in [2.05, 4.69) is 6.58 Å². The first kappa shape index (κ1) is 13.9. The molecule has 2 aromatic rings. The van der Waals surface area contributed by atoms with E-state index in [1.54, 1.807) is 13.2 Å². The van der Waals surface area contributed by atoms with Crippen molar-refractivity contribution < 1.29 is 14.3 Å². The molecule has 0 heterocycles. The molecule has 0 bridgehead atoms. The number of rotatable bonds is 4. The van der Waals surface area contributed by atoms with Gasteiger partial charge in [-0.2, -0.15) is 0 Å². The first-order chi connectivity index (χ1) is 9.65. The smallest absolute Gasteiger partial charge is 0.335 e. The van der Waals surface area contributed by atoms with Gasteiger partial charge in [0.1, 0.15) is 11.5 Å². The van der Waals surface area contributed by atoms with E-state index in [0.717, 1.165) is 28.5 Å². The second-order valence-corrected chi connectivity index (χ2v) is 4.31. The molecule has 3 nitrogen and oxygen atoms in total. The minimum absolute atomic E-state index is 0.460. The molecule has 0 aliphatic carbocycles. The van der Waals surface area contributed by atoms with E-state index in [1.165, 1.54) is 0 Å². The Morgan fingerprint density at radius 2 is 1.90 bits per heavy atom. The van der Waals surface area contributed by atoms with Gasteiger partial charge in [-0.1, -0.05) is 30.8 Å². The summed E-state index contributed by atoms with van der Waals surface area (Å²) in [7, 11) is 1.64. The quantitative estimate of drug-likeness (QED) is 0.481. The van der Waals surface area contributed by atoms with Crippen LogP contribution in [0.15, 0.2) is 55.1 Å². The van der Waals surface area contributed by atoms with Crippen LogP contribution >= 0.6 is 0 Å². The summed E-state index contributed by atoms with van der Waals surface area (Å²) >= 11 is 0. The van der Waals surface area contributed by atoms with Gasteiger partial charge in [0.25, 0.3) is 0 Å². The molecule has 0 atom stereocenters. The van der Waals surface area contributed by atoms with E-state index in [9.17, 15) is 4.79 Å². The number of ether oxygens (including phenoxy) is 2. The molecule has 0 amide bonds. The molecule has 20 heavy (non-hydrogen) atoms. The number of hydrogen-bond acceptors (Lipinski definition) is 3. The third kappa shape index (κ3) is 2.88. The zero-order chi connectivity index (χ0) is 14.5. The molecule has 102 valence electrons. The summed E-state index contributed by atoms with van der Waals surface area (Å²) in [5.74, 6) is 0.884. The number of para-hydroxylation sites is 1. The molecule has 0 aromatic heterocycles. The molecule has 0 spiro atoms. The molecule has 0 saturated carbocycles. The largest absolute Gasteiger partial charge is 0.496 e. The Kier molecular flexibility index (Phi) is 4.20. The fourth-order valence-electron chi connectivity index (χ4n) is 1.96. The molecule has 0 aliphatic heterocycles. The lowest BCUT2D eigenvalue weighted by Crippen LogP contribution is -2.04. The zero-order valence-corrected chi connectivity index (χ0v) is 11.6. The van der Waals surface area contributed by atoms with Crippen molar-refractivity contribution in [2.75, 3.05) is 7.11 Å². The molecule has 0 N–H and O–H groups in total. The van der Waals surface area contributed by atoms with E-state index in [0.29, 0.717) is 5.75 Å². The van der Waals surface area contributed by atoms with Gasteiger partial charge in [-0.3, -0.25) is 0 Å². The number of benzene rings is 2. The van der Waals surface area contributed by atoms with Gasteiger partial charge in [0.15, 0.2) is 0 Å². The average molecular weight is 268 g/mol. The van der Waals surface area contributed by atoms with Gasteiger partial charge in [-0.05, 0) is 36.2 Å². The van der Waals surface area contributed by atoms with Gasteiger partial charge in [0.2, 0.25) is 0 Å². The lowest BCUT2D eigenvalue weighted by molar-refractivity contribution is -0.129. The number of carbonyl (C=O) groups is 1. The van der Waals surface area contributed by atoms with Crippen molar-refractivity contribution in [3.8, 4) is 22.6 Å². The van der Waals surface area contributed by atoms with Gasteiger partial charge in [0, 0.05) is 11.6 Å². The van der Waals surface area contributed by atoms with Crippen molar-refractivity contribution in [3.63, 3.8) is 0 Å². The Balaban J connectivity index is 2.38. The van der Waals surface area contributed by atoms with Gasteiger partial charge in [0.05, 0.1) is 7.11 Å². The Morgan fingerprint density at radius 1 is 1.15 bits per heavy atom. The van der Waals surface area contributed by atoms with E-state index >= 15 is 0 Å². The summed E-state index contributed by atoms with van der Waals surface area (Å²) in [5, 5.41) is 0. The predicted octanol–water partition coefficient (Wildman–Crippen LogP) is 3.76. The van der Waals surface area contributed by atoms with Crippen LogP contribution in [0.5, 0.6) is 11.5 Å². The van der Waals surface area contributed by atoms with Crippen molar-refractivity contribution in [2.24, 2.45) is 0 Å². The lowest BCUT2D eigenvalue weighted by Gasteiger charge is -2.11. The highest BCUT2D eigenvalue weighted by atomic mass is 16.5. The lowest BCUT2D eigenvalue weighted by atomic mass is 10.0. The molecule has 2 aromatic carbocycles. The van der Waals surface area contributed by atoms with Crippen LogP contribution in [0.3, 0.4) is 0 Å². The number of methoxy groups -OCH3 is 1. The molecular weight excluding hydrogens is 252 g/mol. The number of aryl methyl sites for hydroxylation is 1. The maximum atomic E-state index is 11.2. The van der Waals surface area contributed by atoms with Crippen LogP contribution in [-0.4, -0.2) is 13.1 Å². The second kappa shape index (κ2) is 6.06. The van der Waals surface area contributed by atoms with Crippen LogP contribution in [0.4, 0.5) is 0 Å². The molecular formula is C17H16O3. The van der Waals surface area contributed by atoms with Gasteiger partial charge in [-0.25, -0.2) is 4.79 Å². The summed E-state index contributed by atoms with van der Waals surface area (Å²) in [6.45, 7) is 5.28.